The van der Waals surface area contributed by atoms with Gasteiger partial charge in [-0.3, -0.25) is 4.79 Å². The molecule has 1 amide bonds. The zero-order chi connectivity index (χ0) is 16.6. The molecule has 0 atom stereocenters. The van der Waals surface area contributed by atoms with E-state index in [0.29, 0.717) is 17.1 Å². The minimum Gasteiger partial charge on any atom is -0.497 e. The summed E-state index contributed by atoms with van der Waals surface area (Å²) in [4.78, 5) is 15.7. The predicted octanol–water partition coefficient (Wildman–Crippen LogP) is 1.73. The summed E-state index contributed by atoms with van der Waals surface area (Å²) in [7, 11) is 2.95. The molecular weight excluding hydrogens is 305 g/mol. The fraction of sp³-hybridized carbons (Fsp3) is 0.385. The number of carbonyl (C=O) groups is 1. The number of halogens is 3. The third kappa shape index (κ3) is 6.33. The average Bonchev–Trinajstić information content (AvgIpc) is 2.48. The predicted molar refractivity (Wildman–Crippen MR) is 72.2 cm³/mol. The van der Waals surface area contributed by atoms with Gasteiger partial charge in [-0.2, -0.15) is 13.2 Å². The van der Waals surface area contributed by atoms with E-state index in [4.69, 9.17) is 9.47 Å². The molecule has 22 heavy (non-hydrogen) atoms. The van der Waals surface area contributed by atoms with E-state index in [0.717, 1.165) is 0 Å². The van der Waals surface area contributed by atoms with E-state index in [2.05, 4.69) is 9.99 Å². The Hall–Kier alpha value is -2.45. The van der Waals surface area contributed by atoms with Gasteiger partial charge in [-0.15, -0.1) is 0 Å². The number of nitrogens with zero attached hydrogens (tertiary/aromatic N) is 1. The summed E-state index contributed by atoms with van der Waals surface area (Å²) < 4.78 is 45.7. The van der Waals surface area contributed by atoms with Gasteiger partial charge >= 0.3 is 6.18 Å². The van der Waals surface area contributed by atoms with Crippen LogP contribution in [0.4, 0.5) is 13.2 Å². The summed E-state index contributed by atoms with van der Waals surface area (Å²) in [6, 6.07) is 4.95. The van der Waals surface area contributed by atoms with Crippen molar-refractivity contribution in [3.8, 4) is 11.5 Å². The monoisotopic (exact) mass is 320 g/mol. The number of amides is 1. The smallest absolute Gasteiger partial charge is 0.405 e. The first-order chi connectivity index (χ1) is 10.4. The molecule has 6 nitrogen and oxygen atoms in total. The Labute approximate surface area is 124 Å². The van der Waals surface area contributed by atoms with Gasteiger partial charge in [0.05, 0.1) is 20.4 Å². The Morgan fingerprint density at radius 3 is 2.64 bits per heavy atom. The highest BCUT2D eigenvalue weighted by molar-refractivity contribution is 5.84. The van der Waals surface area contributed by atoms with Crippen molar-refractivity contribution in [2.24, 2.45) is 5.16 Å². The highest BCUT2D eigenvalue weighted by Gasteiger charge is 2.27. The van der Waals surface area contributed by atoms with Crippen molar-refractivity contribution < 1.29 is 32.3 Å². The molecule has 1 N–H and O–H groups in total. The minimum absolute atomic E-state index is 0.495. The highest BCUT2D eigenvalue weighted by atomic mass is 19.4. The normalized spacial score (nSPS) is 11.3. The van der Waals surface area contributed by atoms with Crippen LogP contribution in [0.2, 0.25) is 0 Å². The van der Waals surface area contributed by atoms with Gasteiger partial charge in [0.2, 0.25) is 0 Å². The van der Waals surface area contributed by atoms with Gasteiger partial charge in [0.15, 0.2) is 6.61 Å². The maximum absolute atomic E-state index is 11.9. The molecule has 1 aromatic carbocycles. The largest absolute Gasteiger partial charge is 0.497 e. The molecule has 0 fully saturated rings. The Bertz CT molecular complexity index is 533. The molecule has 1 rings (SSSR count). The third-order valence-corrected chi connectivity index (χ3v) is 2.38. The zero-order valence-electron chi connectivity index (χ0n) is 11.9. The first-order valence-electron chi connectivity index (χ1n) is 6.06. The van der Waals surface area contributed by atoms with Gasteiger partial charge < -0.3 is 19.6 Å². The standard InChI is InChI=1S/C13H15F3N2O4/c1-20-10-3-4-11(21-2)9(5-10)6-18-22-7-12(19)17-8-13(14,15)16/h3-6H,7-8H2,1-2H3,(H,17,19)/b18-6-. The van der Waals surface area contributed by atoms with Crippen LogP contribution in [0.3, 0.4) is 0 Å². The number of oxime groups is 1. The third-order valence-electron chi connectivity index (χ3n) is 2.38. The number of rotatable bonds is 7. The van der Waals surface area contributed by atoms with E-state index in [9.17, 15) is 18.0 Å². The van der Waals surface area contributed by atoms with Gasteiger partial charge in [0, 0.05) is 5.56 Å². The average molecular weight is 320 g/mol. The molecule has 0 aromatic heterocycles. The van der Waals surface area contributed by atoms with Gasteiger partial charge in [-0.05, 0) is 18.2 Å². The number of alkyl halides is 3. The Morgan fingerprint density at radius 1 is 1.32 bits per heavy atom. The molecule has 0 radical (unpaired) electrons. The second-order valence-corrected chi connectivity index (χ2v) is 4.01. The molecule has 0 bridgehead atoms. The number of hydrogen-bond acceptors (Lipinski definition) is 5. The van der Waals surface area contributed by atoms with Crippen molar-refractivity contribution in [1.29, 1.82) is 0 Å². The van der Waals surface area contributed by atoms with Crippen molar-refractivity contribution in [2.75, 3.05) is 27.4 Å². The lowest BCUT2D eigenvalue weighted by Crippen LogP contribution is -2.35. The van der Waals surface area contributed by atoms with Crippen molar-refractivity contribution in [1.82, 2.24) is 5.32 Å². The van der Waals surface area contributed by atoms with E-state index >= 15 is 0 Å². The lowest BCUT2D eigenvalue weighted by Gasteiger charge is -2.08. The van der Waals surface area contributed by atoms with E-state index in [1.54, 1.807) is 23.5 Å². The Kier molecular flexibility index (Phi) is 6.48. The quantitative estimate of drug-likeness (QED) is 0.614. The van der Waals surface area contributed by atoms with Gasteiger partial charge in [-0.1, -0.05) is 5.16 Å². The lowest BCUT2D eigenvalue weighted by molar-refractivity contribution is -0.141. The van der Waals surface area contributed by atoms with Crippen LogP contribution in [0.1, 0.15) is 5.56 Å². The van der Waals surface area contributed by atoms with Gasteiger partial charge in [0.25, 0.3) is 5.91 Å². The van der Waals surface area contributed by atoms with Crippen molar-refractivity contribution >= 4 is 12.1 Å². The van der Waals surface area contributed by atoms with Crippen LogP contribution >= 0.6 is 0 Å². The number of nitrogens with one attached hydrogen (secondary N) is 1. The van der Waals surface area contributed by atoms with E-state index in [1.807, 2.05) is 0 Å². The van der Waals surface area contributed by atoms with Crippen LogP contribution in [0, 0.1) is 0 Å². The van der Waals surface area contributed by atoms with Crippen molar-refractivity contribution in [2.45, 2.75) is 6.18 Å². The van der Waals surface area contributed by atoms with Crippen LogP contribution in [-0.4, -0.2) is 45.7 Å². The molecule has 0 spiro atoms. The summed E-state index contributed by atoms with van der Waals surface area (Å²) in [6.45, 7) is -2.04. The van der Waals surface area contributed by atoms with Crippen LogP contribution < -0.4 is 14.8 Å². The molecule has 0 aliphatic heterocycles. The second-order valence-electron chi connectivity index (χ2n) is 4.01. The number of methoxy groups -OCH3 is 2. The maximum Gasteiger partial charge on any atom is 0.405 e. The fourth-order valence-electron chi connectivity index (χ4n) is 1.38. The highest BCUT2D eigenvalue weighted by Crippen LogP contribution is 2.22. The van der Waals surface area contributed by atoms with E-state index < -0.39 is 25.2 Å². The van der Waals surface area contributed by atoms with Gasteiger partial charge in [0.1, 0.15) is 18.0 Å². The summed E-state index contributed by atoms with van der Waals surface area (Å²) in [5.41, 5.74) is 0.526. The molecule has 0 unspecified atom stereocenters. The first kappa shape index (κ1) is 17.6. The Balaban J connectivity index is 2.50. The minimum atomic E-state index is -4.47. The lowest BCUT2D eigenvalue weighted by atomic mass is 10.2. The van der Waals surface area contributed by atoms with Crippen LogP contribution in [0.15, 0.2) is 23.4 Å². The molecule has 0 saturated carbocycles. The number of benzene rings is 1. The molecule has 1 aromatic rings. The maximum atomic E-state index is 11.9. The molecule has 122 valence electrons. The molecule has 0 aliphatic rings. The van der Waals surface area contributed by atoms with Crippen LogP contribution in [-0.2, 0) is 9.63 Å². The topological polar surface area (TPSA) is 69.1 Å². The van der Waals surface area contributed by atoms with Crippen molar-refractivity contribution in [3.05, 3.63) is 23.8 Å². The Morgan fingerprint density at radius 2 is 2.05 bits per heavy atom. The molecule has 0 saturated heterocycles. The zero-order valence-corrected chi connectivity index (χ0v) is 11.9. The number of ether oxygens (including phenoxy) is 2. The van der Waals surface area contributed by atoms with Crippen LogP contribution in [0.5, 0.6) is 11.5 Å². The summed E-state index contributed by atoms with van der Waals surface area (Å²) in [5.74, 6) is 0.131. The summed E-state index contributed by atoms with van der Waals surface area (Å²) in [6.07, 6.45) is -3.20. The second kappa shape index (κ2) is 8.11. The van der Waals surface area contributed by atoms with E-state index in [-0.39, 0.29) is 0 Å². The summed E-state index contributed by atoms with van der Waals surface area (Å²) >= 11 is 0. The fourth-order valence-corrected chi connectivity index (χ4v) is 1.38. The van der Waals surface area contributed by atoms with Crippen LogP contribution in [0.25, 0.3) is 0 Å². The molecule has 0 heterocycles. The summed E-state index contributed by atoms with van der Waals surface area (Å²) in [5, 5.41) is 5.16. The van der Waals surface area contributed by atoms with Crippen molar-refractivity contribution in [3.63, 3.8) is 0 Å². The van der Waals surface area contributed by atoms with Gasteiger partial charge in [-0.25, -0.2) is 0 Å². The molecular formula is C13H15F3N2O4. The first-order valence-corrected chi connectivity index (χ1v) is 6.06. The number of hydrogen-bond donors (Lipinski definition) is 1. The SMILES string of the molecule is COc1ccc(OC)c(/C=N\OCC(=O)NCC(F)(F)F)c1. The number of carbonyl (C=O) groups excluding carboxylic acids is 1. The molecule has 9 heteroatoms. The van der Waals surface area contributed by atoms with E-state index in [1.165, 1.54) is 20.4 Å². The molecule has 0 aliphatic carbocycles.